The van der Waals surface area contributed by atoms with E-state index in [1.807, 2.05) is 12.1 Å². The van der Waals surface area contributed by atoms with Crippen LogP contribution in [0.2, 0.25) is 0 Å². The van der Waals surface area contributed by atoms with Crippen molar-refractivity contribution in [1.29, 1.82) is 0 Å². The lowest BCUT2D eigenvalue weighted by atomic mass is 10.1. The predicted octanol–water partition coefficient (Wildman–Crippen LogP) is 2.14. The van der Waals surface area contributed by atoms with Gasteiger partial charge in [-0.25, -0.2) is 0 Å². The number of rotatable bonds is 9. The van der Waals surface area contributed by atoms with Crippen molar-refractivity contribution in [3.05, 3.63) is 23.8 Å². The molecule has 0 radical (unpaired) electrons. The summed E-state index contributed by atoms with van der Waals surface area (Å²) >= 11 is 0. The van der Waals surface area contributed by atoms with Gasteiger partial charge in [-0.3, -0.25) is 4.99 Å². The molecule has 25 heavy (non-hydrogen) atoms. The number of benzene rings is 1. The Balaban J connectivity index is 2.63. The summed E-state index contributed by atoms with van der Waals surface area (Å²) in [7, 11) is 7.45. The summed E-state index contributed by atoms with van der Waals surface area (Å²) in [4.78, 5) is 6.89. The molecule has 0 aromatic heterocycles. The summed E-state index contributed by atoms with van der Waals surface area (Å²) in [6, 6.07) is 6.01. The minimum absolute atomic E-state index is 0.0195. The first-order chi connectivity index (χ1) is 11.8. The molecular formula is C19H34N4O2. The summed E-state index contributed by atoms with van der Waals surface area (Å²) in [5.74, 6) is 2.35. The average Bonchev–Trinajstić information content (AvgIpc) is 2.59. The molecule has 0 atom stereocenters. The van der Waals surface area contributed by atoms with E-state index in [1.165, 1.54) is 5.56 Å². The van der Waals surface area contributed by atoms with Crippen LogP contribution in [0.15, 0.2) is 23.2 Å². The van der Waals surface area contributed by atoms with Gasteiger partial charge in [0.15, 0.2) is 17.5 Å². The van der Waals surface area contributed by atoms with Crippen LogP contribution < -0.4 is 20.1 Å². The van der Waals surface area contributed by atoms with E-state index in [9.17, 15) is 0 Å². The van der Waals surface area contributed by atoms with Crippen LogP contribution in [0.4, 0.5) is 0 Å². The van der Waals surface area contributed by atoms with Crippen LogP contribution in [-0.2, 0) is 6.42 Å². The third-order valence-corrected chi connectivity index (χ3v) is 4.33. The first kappa shape index (κ1) is 21.1. The third-order valence-electron chi connectivity index (χ3n) is 4.33. The Hall–Kier alpha value is -1.95. The molecule has 0 saturated heterocycles. The summed E-state index contributed by atoms with van der Waals surface area (Å²) in [6.07, 6.45) is 0.877. The zero-order valence-electron chi connectivity index (χ0n) is 16.8. The second kappa shape index (κ2) is 10.1. The molecule has 142 valence electrons. The van der Waals surface area contributed by atoms with Gasteiger partial charge in [0, 0.05) is 18.6 Å². The van der Waals surface area contributed by atoms with Gasteiger partial charge in [0.25, 0.3) is 0 Å². The number of nitrogens with zero attached hydrogens (tertiary/aromatic N) is 2. The van der Waals surface area contributed by atoms with Crippen molar-refractivity contribution < 1.29 is 9.47 Å². The normalized spacial score (nSPS) is 12.2. The molecule has 6 heteroatoms. The lowest BCUT2D eigenvalue weighted by molar-refractivity contribution is 0.204. The average molecular weight is 351 g/mol. The van der Waals surface area contributed by atoms with Crippen molar-refractivity contribution >= 4 is 5.96 Å². The number of hydrogen-bond donors (Lipinski definition) is 2. The highest BCUT2D eigenvalue weighted by Crippen LogP contribution is 2.27. The largest absolute Gasteiger partial charge is 0.493 e. The first-order valence-electron chi connectivity index (χ1n) is 8.74. The van der Waals surface area contributed by atoms with Gasteiger partial charge >= 0.3 is 0 Å². The van der Waals surface area contributed by atoms with Gasteiger partial charge < -0.3 is 25.0 Å². The fraction of sp³-hybridized carbons (Fsp3) is 0.632. The van der Waals surface area contributed by atoms with Crippen LogP contribution >= 0.6 is 0 Å². The minimum Gasteiger partial charge on any atom is -0.493 e. The topological polar surface area (TPSA) is 58.1 Å². The molecule has 1 aromatic carbocycles. The molecule has 0 fully saturated rings. The van der Waals surface area contributed by atoms with Gasteiger partial charge in [-0.2, -0.15) is 0 Å². The van der Waals surface area contributed by atoms with Crippen LogP contribution in [0.5, 0.6) is 11.5 Å². The highest BCUT2D eigenvalue weighted by atomic mass is 16.5. The van der Waals surface area contributed by atoms with Crippen LogP contribution in [-0.4, -0.2) is 64.3 Å². The van der Waals surface area contributed by atoms with E-state index in [-0.39, 0.29) is 5.54 Å². The number of nitrogens with one attached hydrogen (secondary N) is 2. The third kappa shape index (κ3) is 6.82. The summed E-state index contributed by atoms with van der Waals surface area (Å²) in [6.45, 7) is 8.80. The van der Waals surface area contributed by atoms with Crippen LogP contribution in [0.3, 0.4) is 0 Å². The number of hydrogen-bond acceptors (Lipinski definition) is 4. The highest BCUT2D eigenvalue weighted by Gasteiger charge is 2.19. The monoisotopic (exact) mass is 350 g/mol. The first-order valence-corrected chi connectivity index (χ1v) is 8.74. The zero-order valence-corrected chi connectivity index (χ0v) is 16.8. The maximum Gasteiger partial charge on any atom is 0.191 e. The van der Waals surface area contributed by atoms with Crippen molar-refractivity contribution in [3.8, 4) is 11.5 Å². The number of guanidine groups is 1. The Kier molecular flexibility index (Phi) is 8.55. The molecule has 0 heterocycles. The van der Waals surface area contributed by atoms with E-state index < -0.39 is 0 Å². The standard InChI is InChI=1S/C19H34N4O2/c1-8-20-18(22-14-19(2,3)23(4)5)21-12-11-15-9-10-16(24-6)17(13-15)25-7/h9-10,13H,8,11-12,14H2,1-7H3,(H2,20,21,22). The Labute approximate surface area is 152 Å². The van der Waals surface area contributed by atoms with Gasteiger partial charge in [-0.05, 0) is 59.0 Å². The summed E-state index contributed by atoms with van der Waals surface area (Å²) in [5.41, 5.74) is 1.21. The van der Waals surface area contributed by atoms with Gasteiger partial charge in [0.05, 0.1) is 20.8 Å². The molecule has 0 bridgehead atoms. The van der Waals surface area contributed by atoms with Gasteiger partial charge in [-0.15, -0.1) is 0 Å². The molecule has 0 unspecified atom stereocenters. The van der Waals surface area contributed by atoms with E-state index in [0.29, 0.717) is 0 Å². The van der Waals surface area contributed by atoms with Gasteiger partial charge in [0.1, 0.15) is 0 Å². The molecule has 2 N–H and O–H groups in total. The van der Waals surface area contributed by atoms with E-state index >= 15 is 0 Å². The lowest BCUT2D eigenvalue weighted by Gasteiger charge is -2.31. The SMILES string of the molecule is CCNC(=NCC(C)(C)N(C)C)NCCc1ccc(OC)c(OC)c1. The minimum atomic E-state index is 0.0195. The molecule has 0 aliphatic carbocycles. The van der Waals surface area contributed by atoms with E-state index in [2.05, 4.69) is 56.5 Å². The summed E-state index contributed by atoms with van der Waals surface area (Å²) < 4.78 is 10.6. The second-order valence-corrected chi connectivity index (χ2v) is 6.77. The highest BCUT2D eigenvalue weighted by molar-refractivity contribution is 5.79. The Morgan fingerprint density at radius 2 is 1.80 bits per heavy atom. The molecule has 0 amide bonds. The van der Waals surface area contributed by atoms with Crippen molar-refractivity contribution in [2.24, 2.45) is 4.99 Å². The van der Waals surface area contributed by atoms with Crippen molar-refractivity contribution in [3.63, 3.8) is 0 Å². The van der Waals surface area contributed by atoms with E-state index in [4.69, 9.17) is 14.5 Å². The van der Waals surface area contributed by atoms with Crippen molar-refractivity contribution in [2.45, 2.75) is 32.7 Å². The second-order valence-electron chi connectivity index (χ2n) is 6.77. The molecule has 1 rings (SSSR count). The predicted molar refractivity (Wildman–Crippen MR) is 105 cm³/mol. The van der Waals surface area contributed by atoms with E-state index in [0.717, 1.165) is 43.5 Å². The van der Waals surface area contributed by atoms with Crippen molar-refractivity contribution in [1.82, 2.24) is 15.5 Å². The molecule has 0 spiro atoms. The van der Waals surface area contributed by atoms with Crippen LogP contribution in [0.1, 0.15) is 26.3 Å². The molecule has 0 saturated carbocycles. The Morgan fingerprint density at radius 3 is 2.36 bits per heavy atom. The summed E-state index contributed by atoms with van der Waals surface area (Å²) in [5, 5.41) is 6.69. The number of aliphatic imine (C=N–C) groups is 1. The fourth-order valence-corrected chi connectivity index (χ4v) is 2.12. The van der Waals surface area contributed by atoms with Gasteiger partial charge in [0.2, 0.25) is 0 Å². The molecular weight excluding hydrogens is 316 g/mol. The number of methoxy groups -OCH3 is 2. The number of likely N-dealkylation sites (N-methyl/N-ethyl adjacent to an activating group) is 1. The quantitative estimate of drug-likeness (QED) is 0.528. The maximum atomic E-state index is 5.36. The molecule has 6 nitrogen and oxygen atoms in total. The zero-order chi connectivity index (χ0) is 18.9. The lowest BCUT2D eigenvalue weighted by Crippen LogP contribution is -2.44. The molecule has 0 aliphatic rings. The Morgan fingerprint density at radius 1 is 1.12 bits per heavy atom. The molecule has 0 aliphatic heterocycles. The van der Waals surface area contributed by atoms with Gasteiger partial charge in [-0.1, -0.05) is 6.07 Å². The van der Waals surface area contributed by atoms with E-state index in [1.54, 1.807) is 14.2 Å². The van der Waals surface area contributed by atoms with Crippen LogP contribution in [0.25, 0.3) is 0 Å². The number of ether oxygens (including phenoxy) is 2. The smallest absolute Gasteiger partial charge is 0.191 e. The fourth-order valence-electron chi connectivity index (χ4n) is 2.12. The molecule has 1 aromatic rings. The maximum absolute atomic E-state index is 5.36. The van der Waals surface area contributed by atoms with Crippen molar-refractivity contribution in [2.75, 3.05) is 47.9 Å². The Bertz CT molecular complexity index is 556. The van der Waals surface area contributed by atoms with Crippen LogP contribution in [0, 0.1) is 0 Å².